The molecule has 0 saturated heterocycles. The summed E-state index contributed by atoms with van der Waals surface area (Å²) >= 11 is 0. The molecule has 1 radical (unpaired) electrons. The molecule has 0 heterocycles. The van der Waals surface area contributed by atoms with Crippen LogP contribution in [0, 0.1) is 6.42 Å². The summed E-state index contributed by atoms with van der Waals surface area (Å²) in [5.74, 6) is 0.862. The second kappa shape index (κ2) is 5.16. The highest BCUT2D eigenvalue weighted by Gasteiger charge is 2.30. The van der Waals surface area contributed by atoms with Gasteiger partial charge in [0.05, 0.1) is 0 Å². The standard InChI is InChI=1S/C13H10F3O2/c14-13(15,16)18-12-8-6-11(7-9-12)17-10-4-2-1-3-5-10/h1-2,4-9H,3H2. The monoisotopic (exact) mass is 255 g/mol. The fourth-order valence-corrected chi connectivity index (χ4v) is 1.41. The fourth-order valence-electron chi connectivity index (χ4n) is 1.41. The van der Waals surface area contributed by atoms with E-state index in [1.165, 1.54) is 24.3 Å². The van der Waals surface area contributed by atoms with Crippen LogP contribution in [-0.4, -0.2) is 6.36 Å². The molecular weight excluding hydrogens is 245 g/mol. The second-order valence-electron chi connectivity index (χ2n) is 3.56. The van der Waals surface area contributed by atoms with E-state index in [1.54, 1.807) is 6.08 Å². The Bertz CT molecular complexity index is 458. The van der Waals surface area contributed by atoms with Crippen LogP contribution in [0.5, 0.6) is 11.5 Å². The minimum Gasteiger partial charge on any atom is -0.458 e. The Morgan fingerprint density at radius 2 is 1.67 bits per heavy atom. The average molecular weight is 255 g/mol. The number of alkyl halides is 3. The van der Waals surface area contributed by atoms with Crippen LogP contribution in [0.15, 0.2) is 48.3 Å². The number of rotatable bonds is 3. The molecule has 1 aromatic carbocycles. The van der Waals surface area contributed by atoms with Crippen molar-refractivity contribution in [1.82, 2.24) is 0 Å². The van der Waals surface area contributed by atoms with E-state index in [1.807, 2.05) is 18.6 Å². The number of hydrogen-bond acceptors (Lipinski definition) is 2. The maximum absolute atomic E-state index is 11.9. The minimum absolute atomic E-state index is 0.267. The summed E-state index contributed by atoms with van der Waals surface area (Å²) in [7, 11) is 0. The van der Waals surface area contributed by atoms with Gasteiger partial charge in [-0.25, -0.2) is 0 Å². The first-order valence-corrected chi connectivity index (χ1v) is 5.27. The Morgan fingerprint density at radius 1 is 1.00 bits per heavy atom. The van der Waals surface area contributed by atoms with Crippen molar-refractivity contribution in [2.24, 2.45) is 0 Å². The van der Waals surface area contributed by atoms with Gasteiger partial charge >= 0.3 is 6.36 Å². The highest BCUT2D eigenvalue weighted by molar-refractivity contribution is 5.34. The minimum atomic E-state index is -4.67. The number of ether oxygens (including phenoxy) is 2. The van der Waals surface area contributed by atoms with Crippen LogP contribution >= 0.6 is 0 Å². The molecule has 0 saturated carbocycles. The summed E-state index contributed by atoms with van der Waals surface area (Å²) in [6.07, 6.45) is 3.58. The lowest BCUT2D eigenvalue weighted by Gasteiger charge is -2.11. The van der Waals surface area contributed by atoms with E-state index in [0.717, 1.165) is 6.42 Å². The molecule has 0 aliphatic heterocycles. The first kappa shape index (κ1) is 12.5. The van der Waals surface area contributed by atoms with Crippen LogP contribution in [0.1, 0.15) is 6.42 Å². The summed E-state index contributed by atoms with van der Waals surface area (Å²) in [4.78, 5) is 0. The Hall–Kier alpha value is -1.91. The lowest BCUT2D eigenvalue weighted by molar-refractivity contribution is -0.274. The zero-order valence-electron chi connectivity index (χ0n) is 9.28. The van der Waals surface area contributed by atoms with Gasteiger partial charge in [-0.3, -0.25) is 0 Å². The van der Waals surface area contributed by atoms with Crippen molar-refractivity contribution in [3.8, 4) is 11.5 Å². The van der Waals surface area contributed by atoms with Crippen molar-refractivity contribution >= 4 is 0 Å². The molecule has 1 aromatic rings. The fraction of sp³-hybridized carbons (Fsp3) is 0.154. The van der Waals surface area contributed by atoms with E-state index in [0.29, 0.717) is 11.5 Å². The Balaban J connectivity index is 1.99. The molecule has 0 atom stereocenters. The van der Waals surface area contributed by atoms with Gasteiger partial charge in [0.25, 0.3) is 0 Å². The first-order chi connectivity index (χ1) is 8.53. The summed E-state index contributed by atoms with van der Waals surface area (Å²) in [6.45, 7) is 0. The third-order valence-electron chi connectivity index (χ3n) is 2.14. The molecule has 0 amide bonds. The smallest absolute Gasteiger partial charge is 0.458 e. The van der Waals surface area contributed by atoms with E-state index in [-0.39, 0.29) is 5.75 Å². The molecule has 5 heteroatoms. The molecule has 2 rings (SSSR count). The average Bonchev–Trinajstić information content (AvgIpc) is 2.31. The Morgan fingerprint density at radius 3 is 2.22 bits per heavy atom. The third kappa shape index (κ3) is 3.84. The molecule has 18 heavy (non-hydrogen) atoms. The van der Waals surface area contributed by atoms with Gasteiger partial charge in [-0.15, -0.1) is 13.2 Å². The zero-order valence-corrected chi connectivity index (χ0v) is 9.28. The predicted octanol–water partition coefficient (Wildman–Crippen LogP) is 4.01. The topological polar surface area (TPSA) is 18.5 Å². The SMILES string of the molecule is FC(F)(F)Oc1ccc(OC2=CC[CH]C=C2)cc1. The van der Waals surface area contributed by atoms with Crippen molar-refractivity contribution in [3.05, 3.63) is 54.7 Å². The third-order valence-corrected chi connectivity index (χ3v) is 2.14. The molecule has 0 spiro atoms. The Labute approximate surface area is 102 Å². The van der Waals surface area contributed by atoms with Gasteiger partial charge in [0, 0.05) is 0 Å². The van der Waals surface area contributed by atoms with E-state index in [9.17, 15) is 13.2 Å². The van der Waals surface area contributed by atoms with Gasteiger partial charge in [0.2, 0.25) is 0 Å². The highest BCUT2D eigenvalue weighted by atomic mass is 19.4. The maximum Gasteiger partial charge on any atom is 0.573 e. The molecule has 1 aliphatic rings. The molecule has 95 valence electrons. The van der Waals surface area contributed by atoms with Crippen molar-refractivity contribution in [1.29, 1.82) is 0 Å². The molecule has 2 nitrogen and oxygen atoms in total. The number of hydrogen-bond donors (Lipinski definition) is 0. The summed E-state index contributed by atoms with van der Waals surface area (Å²) in [6, 6.07) is 5.27. The van der Waals surface area contributed by atoms with Gasteiger partial charge in [0.15, 0.2) is 0 Å². The summed E-state index contributed by atoms with van der Waals surface area (Å²) < 4.78 is 45.0. The first-order valence-electron chi connectivity index (χ1n) is 5.27. The molecule has 0 N–H and O–H groups in total. The van der Waals surface area contributed by atoms with Gasteiger partial charge in [-0.05, 0) is 49.3 Å². The largest absolute Gasteiger partial charge is 0.573 e. The molecule has 0 unspecified atom stereocenters. The Kier molecular flexibility index (Phi) is 3.60. The van der Waals surface area contributed by atoms with Crippen LogP contribution in [0.25, 0.3) is 0 Å². The maximum atomic E-state index is 11.9. The van der Waals surface area contributed by atoms with Crippen LogP contribution in [0.2, 0.25) is 0 Å². The molecule has 0 bridgehead atoms. The van der Waals surface area contributed by atoms with Crippen LogP contribution < -0.4 is 9.47 Å². The summed E-state index contributed by atoms with van der Waals surface area (Å²) in [5.41, 5.74) is 0. The van der Waals surface area contributed by atoms with E-state index in [4.69, 9.17) is 4.74 Å². The van der Waals surface area contributed by atoms with Gasteiger partial charge in [-0.2, -0.15) is 0 Å². The molecular formula is C13H10F3O2. The number of benzene rings is 1. The van der Waals surface area contributed by atoms with Gasteiger partial charge in [0.1, 0.15) is 17.3 Å². The zero-order chi connectivity index (χ0) is 13.0. The second-order valence-corrected chi connectivity index (χ2v) is 3.56. The van der Waals surface area contributed by atoms with Crippen LogP contribution in [-0.2, 0) is 0 Å². The van der Waals surface area contributed by atoms with Crippen molar-refractivity contribution in [3.63, 3.8) is 0 Å². The quantitative estimate of drug-likeness (QED) is 0.812. The van der Waals surface area contributed by atoms with E-state index < -0.39 is 6.36 Å². The van der Waals surface area contributed by atoms with Gasteiger partial charge < -0.3 is 9.47 Å². The lowest BCUT2D eigenvalue weighted by Crippen LogP contribution is -2.16. The van der Waals surface area contributed by atoms with Crippen molar-refractivity contribution < 1.29 is 22.6 Å². The van der Waals surface area contributed by atoms with Gasteiger partial charge in [-0.1, -0.05) is 6.08 Å². The predicted molar refractivity (Wildman–Crippen MR) is 59.9 cm³/mol. The lowest BCUT2D eigenvalue weighted by atomic mass is 10.2. The van der Waals surface area contributed by atoms with E-state index >= 15 is 0 Å². The normalized spacial score (nSPS) is 15.2. The van der Waals surface area contributed by atoms with Crippen molar-refractivity contribution in [2.45, 2.75) is 12.8 Å². The van der Waals surface area contributed by atoms with E-state index in [2.05, 4.69) is 4.74 Å². The molecule has 0 aromatic heterocycles. The molecule has 0 fully saturated rings. The number of halogens is 3. The van der Waals surface area contributed by atoms with Crippen molar-refractivity contribution in [2.75, 3.05) is 0 Å². The molecule has 1 aliphatic carbocycles. The van der Waals surface area contributed by atoms with Crippen LogP contribution in [0.4, 0.5) is 13.2 Å². The highest BCUT2D eigenvalue weighted by Crippen LogP contribution is 2.25. The summed E-state index contributed by atoms with van der Waals surface area (Å²) in [5, 5.41) is 0. The number of allylic oxidation sites excluding steroid dienone is 3. The van der Waals surface area contributed by atoms with Crippen LogP contribution in [0.3, 0.4) is 0 Å².